The van der Waals surface area contributed by atoms with Gasteiger partial charge >= 0.3 is 0 Å². The number of phenols is 3. The Morgan fingerprint density at radius 3 is 2.03 bits per heavy atom. The van der Waals surface area contributed by atoms with Crippen molar-refractivity contribution in [1.29, 1.82) is 0 Å². The number of fused-ring (bicyclic) bond motifs is 1. The molecule has 8 heteroatoms. The van der Waals surface area contributed by atoms with Gasteiger partial charge in [-0.3, -0.25) is 0 Å². The van der Waals surface area contributed by atoms with Gasteiger partial charge in [0.1, 0.15) is 11.5 Å². The van der Waals surface area contributed by atoms with Gasteiger partial charge in [-0.2, -0.15) is 0 Å². The number of benzene rings is 3. The van der Waals surface area contributed by atoms with E-state index in [2.05, 4.69) is 0 Å². The highest BCUT2D eigenvalue weighted by Crippen LogP contribution is 2.44. The van der Waals surface area contributed by atoms with Crippen molar-refractivity contribution >= 4 is 12.2 Å². The van der Waals surface area contributed by atoms with Crippen LogP contribution in [0.3, 0.4) is 0 Å². The molecular weight excluding hydrogens is 428 g/mol. The van der Waals surface area contributed by atoms with E-state index in [0.717, 1.165) is 5.56 Å². The molecule has 33 heavy (non-hydrogen) atoms. The molecular formula is C25H24O8. The van der Waals surface area contributed by atoms with Crippen molar-refractivity contribution in [2.45, 2.75) is 12.2 Å². The maximum absolute atomic E-state index is 10.2. The molecule has 8 nitrogen and oxygen atoms in total. The Kier molecular flexibility index (Phi) is 6.19. The number of aliphatic hydroxyl groups excluding tert-OH is 1. The first-order chi connectivity index (χ1) is 15.9. The molecule has 172 valence electrons. The van der Waals surface area contributed by atoms with E-state index < -0.39 is 12.2 Å². The fraction of sp³-hybridized carbons (Fsp3) is 0.200. The molecule has 0 saturated carbocycles. The third-order valence-corrected chi connectivity index (χ3v) is 5.24. The molecule has 0 aliphatic carbocycles. The lowest BCUT2D eigenvalue weighted by Gasteiger charge is -2.33. The Morgan fingerprint density at radius 2 is 1.42 bits per heavy atom. The monoisotopic (exact) mass is 452 g/mol. The second-order valence-corrected chi connectivity index (χ2v) is 7.47. The minimum absolute atomic E-state index is 0.0313. The van der Waals surface area contributed by atoms with Crippen LogP contribution in [0.15, 0.2) is 48.5 Å². The fourth-order valence-corrected chi connectivity index (χ4v) is 3.66. The Hall–Kier alpha value is -4.04. The van der Waals surface area contributed by atoms with Crippen molar-refractivity contribution < 1.29 is 39.4 Å². The van der Waals surface area contributed by atoms with Gasteiger partial charge in [0, 0.05) is 11.6 Å². The van der Waals surface area contributed by atoms with Crippen molar-refractivity contribution in [3.8, 4) is 40.2 Å². The van der Waals surface area contributed by atoms with E-state index in [1.165, 1.54) is 32.4 Å². The lowest BCUT2D eigenvalue weighted by Crippen LogP contribution is -2.36. The molecule has 0 spiro atoms. The highest BCUT2D eigenvalue weighted by atomic mass is 16.6. The summed E-state index contributed by atoms with van der Waals surface area (Å²) in [6, 6.07) is 12.9. The molecule has 1 heterocycles. The average Bonchev–Trinajstić information content (AvgIpc) is 2.81. The van der Waals surface area contributed by atoms with E-state index in [1.54, 1.807) is 36.4 Å². The summed E-state index contributed by atoms with van der Waals surface area (Å²) in [6.07, 6.45) is 2.17. The molecule has 3 aromatic rings. The molecule has 0 fully saturated rings. The Morgan fingerprint density at radius 1 is 0.788 bits per heavy atom. The van der Waals surface area contributed by atoms with Gasteiger partial charge in [-0.25, -0.2) is 0 Å². The minimum atomic E-state index is -0.710. The molecule has 2 atom stereocenters. The third-order valence-electron chi connectivity index (χ3n) is 5.24. The molecule has 1 aliphatic heterocycles. The van der Waals surface area contributed by atoms with Gasteiger partial charge in [-0.05, 0) is 47.5 Å². The summed E-state index contributed by atoms with van der Waals surface area (Å²) < 4.78 is 22.6. The predicted molar refractivity (Wildman–Crippen MR) is 121 cm³/mol. The normalized spacial score (nSPS) is 17.2. The second-order valence-electron chi connectivity index (χ2n) is 7.47. The lowest BCUT2D eigenvalue weighted by atomic mass is 10.0. The smallest absolute Gasteiger partial charge is 0.200 e. The molecule has 0 bridgehead atoms. The highest BCUT2D eigenvalue weighted by Gasteiger charge is 2.34. The number of rotatable bonds is 6. The van der Waals surface area contributed by atoms with E-state index in [0.29, 0.717) is 22.6 Å². The summed E-state index contributed by atoms with van der Waals surface area (Å²) >= 11 is 0. The summed E-state index contributed by atoms with van der Waals surface area (Å²) in [6.45, 7) is -0.307. The number of phenolic OH excluding ortho intramolecular Hbond substituents is 3. The standard InChI is InChI=1S/C25H24O8/c1-30-21-10-16(11-22(31-2)24(21)29)25-23(13-26)32-20-9-14(5-6-19(20)33-25)3-4-15-7-17(27)12-18(28)8-15/h3-12,23,25-29H,13H2,1-2H3/b4-3+/t23-,25-/m0/s1. The van der Waals surface area contributed by atoms with Crippen LogP contribution in [0.5, 0.6) is 40.2 Å². The quantitative estimate of drug-likeness (QED) is 0.417. The van der Waals surface area contributed by atoms with Crippen molar-refractivity contribution in [2.75, 3.05) is 20.8 Å². The summed E-state index contributed by atoms with van der Waals surface area (Å²) in [5.41, 5.74) is 2.04. The molecule has 0 saturated heterocycles. The van der Waals surface area contributed by atoms with Crippen LogP contribution in [-0.2, 0) is 0 Å². The van der Waals surface area contributed by atoms with Crippen LogP contribution >= 0.6 is 0 Å². The Labute approximate surface area is 190 Å². The van der Waals surface area contributed by atoms with Crippen LogP contribution < -0.4 is 18.9 Å². The van der Waals surface area contributed by atoms with Gasteiger partial charge in [0.15, 0.2) is 35.2 Å². The first-order valence-electron chi connectivity index (χ1n) is 10.2. The molecule has 0 unspecified atom stereocenters. The van der Waals surface area contributed by atoms with Crippen molar-refractivity contribution in [3.05, 3.63) is 65.2 Å². The Balaban J connectivity index is 1.62. The first-order valence-corrected chi connectivity index (χ1v) is 10.2. The van der Waals surface area contributed by atoms with Crippen LogP contribution in [-0.4, -0.2) is 47.4 Å². The number of methoxy groups -OCH3 is 2. The van der Waals surface area contributed by atoms with Gasteiger partial charge in [0.2, 0.25) is 5.75 Å². The molecule has 4 rings (SSSR count). The summed E-state index contributed by atoms with van der Waals surface area (Å²) in [4.78, 5) is 0. The fourth-order valence-electron chi connectivity index (χ4n) is 3.66. The van der Waals surface area contributed by atoms with Gasteiger partial charge < -0.3 is 39.4 Å². The summed E-state index contributed by atoms with van der Waals surface area (Å²) in [7, 11) is 2.87. The second kappa shape index (κ2) is 9.22. The number of aromatic hydroxyl groups is 3. The summed E-state index contributed by atoms with van der Waals surface area (Å²) in [5, 5.41) is 39.4. The van der Waals surface area contributed by atoms with E-state index in [-0.39, 0.29) is 35.4 Å². The highest BCUT2D eigenvalue weighted by molar-refractivity contribution is 5.72. The van der Waals surface area contributed by atoms with E-state index >= 15 is 0 Å². The lowest BCUT2D eigenvalue weighted by molar-refractivity contribution is -0.0125. The molecule has 0 radical (unpaired) electrons. The van der Waals surface area contributed by atoms with Crippen molar-refractivity contribution in [1.82, 2.24) is 0 Å². The van der Waals surface area contributed by atoms with Crippen molar-refractivity contribution in [3.63, 3.8) is 0 Å². The predicted octanol–water partition coefficient (Wildman–Crippen LogP) is 3.86. The van der Waals surface area contributed by atoms with Crippen LogP contribution in [0.25, 0.3) is 12.2 Å². The number of aliphatic hydroxyl groups is 1. The van der Waals surface area contributed by atoms with E-state index in [4.69, 9.17) is 18.9 Å². The van der Waals surface area contributed by atoms with E-state index in [9.17, 15) is 20.4 Å². The average molecular weight is 452 g/mol. The topological polar surface area (TPSA) is 118 Å². The maximum Gasteiger partial charge on any atom is 0.200 e. The molecule has 0 amide bonds. The third kappa shape index (κ3) is 4.61. The molecule has 0 aromatic heterocycles. The zero-order valence-electron chi connectivity index (χ0n) is 18.1. The van der Waals surface area contributed by atoms with Gasteiger partial charge in [-0.15, -0.1) is 0 Å². The van der Waals surface area contributed by atoms with Crippen molar-refractivity contribution in [2.24, 2.45) is 0 Å². The zero-order valence-corrected chi connectivity index (χ0v) is 18.1. The maximum atomic E-state index is 10.2. The van der Waals surface area contributed by atoms with Crippen LogP contribution in [0.1, 0.15) is 22.8 Å². The summed E-state index contributed by atoms with van der Waals surface area (Å²) in [5.74, 6) is 1.19. The molecule has 4 N–H and O–H groups in total. The van der Waals surface area contributed by atoms with Crippen LogP contribution in [0, 0.1) is 0 Å². The number of ether oxygens (including phenoxy) is 4. The zero-order chi connectivity index (χ0) is 23.5. The minimum Gasteiger partial charge on any atom is -0.508 e. The largest absolute Gasteiger partial charge is 0.508 e. The Bertz CT molecular complexity index is 1140. The van der Waals surface area contributed by atoms with Crippen LogP contribution in [0.2, 0.25) is 0 Å². The molecule has 3 aromatic carbocycles. The van der Waals surface area contributed by atoms with Gasteiger partial charge in [-0.1, -0.05) is 18.2 Å². The molecule has 1 aliphatic rings. The first kappa shape index (κ1) is 22.2. The number of hydrogen-bond donors (Lipinski definition) is 4. The SMILES string of the molecule is COc1cc([C@@H]2Oc3ccc(/C=C/c4cc(O)cc(O)c4)cc3O[C@H]2CO)cc(OC)c1O. The van der Waals surface area contributed by atoms with Gasteiger partial charge in [0.25, 0.3) is 0 Å². The van der Waals surface area contributed by atoms with Gasteiger partial charge in [0.05, 0.1) is 20.8 Å². The van der Waals surface area contributed by atoms with E-state index in [1.807, 2.05) is 6.07 Å². The van der Waals surface area contributed by atoms with Crippen LogP contribution in [0.4, 0.5) is 0 Å². The number of hydrogen-bond acceptors (Lipinski definition) is 8.